The number of fused-ring (bicyclic) bond motifs is 1. The van der Waals surface area contributed by atoms with Crippen molar-refractivity contribution >= 4 is 16.6 Å². The van der Waals surface area contributed by atoms with Crippen LogP contribution >= 0.6 is 0 Å². The number of hydrogen-bond donors (Lipinski definition) is 2. The summed E-state index contributed by atoms with van der Waals surface area (Å²) in [7, 11) is 0. The number of allylic oxidation sites excluding steroid dienone is 1. The average molecular weight is 424 g/mol. The highest BCUT2D eigenvalue weighted by molar-refractivity contribution is 5.86. The van der Waals surface area contributed by atoms with E-state index in [1.165, 1.54) is 24.3 Å². The van der Waals surface area contributed by atoms with Crippen molar-refractivity contribution in [1.82, 2.24) is 4.98 Å². The molecule has 0 radical (unpaired) electrons. The maximum Gasteiger partial charge on any atom is 0.170 e. The van der Waals surface area contributed by atoms with Crippen LogP contribution in [0.2, 0.25) is 0 Å². The molecule has 4 rings (SSSR count). The monoisotopic (exact) mass is 424 g/mol. The van der Waals surface area contributed by atoms with Crippen molar-refractivity contribution in [3.05, 3.63) is 89.6 Å². The summed E-state index contributed by atoms with van der Waals surface area (Å²) in [4.78, 5) is 2.96. The lowest BCUT2D eigenvalue weighted by molar-refractivity contribution is 0.463. The van der Waals surface area contributed by atoms with Gasteiger partial charge in [-0.25, -0.2) is 17.6 Å². The molecule has 0 aliphatic carbocycles. The van der Waals surface area contributed by atoms with E-state index in [4.69, 9.17) is 0 Å². The number of nitrogens with one attached hydrogen (secondary N) is 2. The minimum atomic E-state index is -1.42. The summed E-state index contributed by atoms with van der Waals surface area (Å²) in [6, 6.07) is 12.3. The molecule has 0 fully saturated rings. The third kappa shape index (κ3) is 3.93. The molecule has 1 heterocycles. The van der Waals surface area contributed by atoms with E-state index in [-0.39, 0.29) is 11.1 Å². The van der Waals surface area contributed by atoms with E-state index in [1.54, 1.807) is 30.5 Å². The highest BCUT2D eigenvalue weighted by Gasteiger charge is 2.27. The SMILES string of the molecule is CC(C)=CCNc1ccc(-c2c(F)c(F)c(-c3ccc4[nH]ccc4c3)c(F)c2F)cc1. The molecule has 1 aromatic heterocycles. The average Bonchev–Trinajstić information content (AvgIpc) is 3.21. The molecule has 6 heteroatoms. The molecule has 158 valence electrons. The molecule has 0 amide bonds. The third-order valence-electron chi connectivity index (χ3n) is 5.10. The van der Waals surface area contributed by atoms with Gasteiger partial charge in [0.2, 0.25) is 0 Å². The first kappa shape index (κ1) is 20.7. The van der Waals surface area contributed by atoms with Crippen LogP contribution in [0, 0.1) is 23.3 Å². The quantitative estimate of drug-likeness (QED) is 0.195. The van der Waals surface area contributed by atoms with Gasteiger partial charge in [0.05, 0.1) is 11.1 Å². The molecule has 2 nitrogen and oxygen atoms in total. The molecule has 0 saturated heterocycles. The summed E-state index contributed by atoms with van der Waals surface area (Å²) in [5.41, 5.74) is 1.28. The molecular formula is C25H20F4N2. The molecule has 0 unspecified atom stereocenters. The van der Waals surface area contributed by atoms with E-state index in [0.717, 1.165) is 16.8 Å². The van der Waals surface area contributed by atoms with Gasteiger partial charge in [-0.1, -0.05) is 29.8 Å². The second kappa shape index (κ2) is 8.30. The zero-order chi connectivity index (χ0) is 22.1. The van der Waals surface area contributed by atoms with Crippen molar-refractivity contribution < 1.29 is 17.6 Å². The molecule has 0 spiro atoms. The number of anilines is 1. The number of H-pyrrole nitrogens is 1. The highest BCUT2D eigenvalue weighted by atomic mass is 19.2. The fourth-order valence-corrected chi connectivity index (χ4v) is 3.48. The lowest BCUT2D eigenvalue weighted by Gasteiger charge is -2.13. The first-order valence-electron chi connectivity index (χ1n) is 9.78. The Labute approximate surface area is 177 Å². The number of aromatic amines is 1. The predicted octanol–water partition coefficient (Wildman–Crippen LogP) is 7.44. The smallest absolute Gasteiger partial charge is 0.170 e. The van der Waals surface area contributed by atoms with Crippen LogP contribution in [-0.2, 0) is 0 Å². The number of rotatable bonds is 5. The summed E-state index contributed by atoms with van der Waals surface area (Å²) in [5.74, 6) is -5.69. The Kier molecular flexibility index (Phi) is 5.55. The number of aromatic nitrogens is 1. The molecule has 3 aromatic carbocycles. The molecule has 2 N–H and O–H groups in total. The van der Waals surface area contributed by atoms with Gasteiger partial charge in [-0.3, -0.25) is 0 Å². The molecule has 0 aliphatic rings. The maximum atomic E-state index is 14.9. The van der Waals surface area contributed by atoms with E-state index in [0.29, 0.717) is 11.9 Å². The van der Waals surface area contributed by atoms with Crippen LogP contribution in [-0.4, -0.2) is 11.5 Å². The van der Waals surface area contributed by atoms with Gasteiger partial charge in [-0.15, -0.1) is 0 Å². The minimum absolute atomic E-state index is 0.0493. The first-order valence-corrected chi connectivity index (χ1v) is 9.78. The van der Waals surface area contributed by atoms with Crippen molar-refractivity contribution in [1.29, 1.82) is 0 Å². The van der Waals surface area contributed by atoms with Crippen molar-refractivity contribution in [3.8, 4) is 22.3 Å². The Morgan fingerprint density at radius 2 is 1.39 bits per heavy atom. The fraction of sp³-hybridized carbons (Fsp3) is 0.120. The van der Waals surface area contributed by atoms with Gasteiger partial charge in [0.25, 0.3) is 0 Å². The van der Waals surface area contributed by atoms with Gasteiger partial charge in [0, 0.05) is 23.9 Å². The lowest BCUT2D eigenvalue weighted by atomic mass is 9.96. The minimum Gasteiger partial charge on any atom is -0.382 e. The third-order valence-corrected chi connectivity index (χ3v) is 5.10. The molecule has 0 saturated carbocycles. The van der Waals surface area contributed by atoms with Gasteiger partial charge in [0.1, 0.15) is 0 Å². The second-order valence-corrected chi connectivity index (χ2v) is 7.53. The maximum absolute atomic E-state index is 14.9. The summed E-state index contributed by atoms with van der Waals surface area (Å²) in [6.45, 7) is 4.53. The lowest BCUT2D eigenvalue weighted by Crippen LogP contribution is -2.04. The van der Waals surface area contributed by atoms with Gasteiger partial charge in [0.15, 0.2) is 23.3 Å². The molecular weight excluding hydrogens is 404 g/mol. The summed E-state index contributed by atoms with van der Waals surface area (Å²) in [6.07, 6.45) is 3.66. The molecule has 4 aromatic rings. The van der Waals surface area contributed by atoms with Crippen LogP contribution in [0.1, 0.15) is 13.8 Å². The van der Waals surface area contributed by atoms with Crippen molar-refractivity contribution in [2.45, 2.75) is 13.8 Å². The largest absolute Gasteiger partial charge is 0.382 e. The van der Waals surface area contributed by atoms with Gasteiger partial charge in [-0.2, -0.15) is 0 Å². The zero-order valence-electron chi connectivity index (χ0n) is 17.0. The van der Waals surface area contributed by atoms with E-state index in [2.05, 4.69) is 10.3 Å². The molecule has 31 heavy (non-hydrogen) atoms. The predicted molar refractivity (Wildman–Crippen MR) is 117 cm³/mol. The van der Waals surface area contributed by atoms with Crippen LogP contribution in [0.5, 0.6) is 0 Å². The Balaban J connectivity index is 1.74. The van der Waals surface area contributed by atoms with Crippen LogP contribution in [0.4, 0.5) is 23.2 Å². The van der Waals surface area contributed by atoms with Crippen LogP contribution in [0.3, 0.4) is 0 Å². The van der Waals surface area contributed by atoms with Gasteiger partial charge < -0.3 is 10.3 Å². The van der Waals surface area contributed by atoms with Gasteiger partial charge >= 0.3 is 0 Å². The number of halogens is 4. The summed E-state index contributed by atoms with van der Waals surface area (Å²) >= 11 is 0. The van der Waals surface area contributed by atoms with Crippen molar-refractivity contribution in [3.63, 3.8) is 0 Å². The number of hydrogen-bond acceptors (Lipinski definition) is 1. The standard InChI is InChI=1S/C25H20F4N2/c1-14(2)9-11-30-18-6-3-15(4-7-18)20-22(26)24(28)21(25(29)23(20)27)17-5-8-19-16(13-17)10-12-31-19/h3-10,12-13,30-31H,11H2,1-2H3. The van der Waals surface area contributed by atoms with Crippen LogP contribution < -0.4 is 5.32 Å². The van der Waals surface area contributed by atoms with Crippen LogP contribution in [0.25, 0.3) is 33.2 Å². The summed E-state index contributed by atoms with van der Waals surface area (Å²) < 4.78 is 59.6. The Morgan fingerprint density at radius 1 is 0.806 bits per heavy atom. The summed E-state index contributed by atoms with van der Waals surface area (Å²) in [5, 5.41) is 3.81. The topological polar surface area (TPSA) is 27.8 Å². The Morgan fingerprint density at radius 3 is 2.00 bits per heavy atom. The van der Waals surface area contributed by atoms with E-state index in [1.807, 2.05) is 19.9 Å². The first-order chi connectivity index (χ1) is 14.9. The second-order valence-electron chi connectivity index (χ2n) is 7.53. The van der Waals surface area contributed by atoms with E-state index in [9.17, 15) is 17.6 Å². The fourth-order valence-electron chi connectivity index (χ4n) is 3.48. The van der Waals surface area contributed by atoms with Crippen LogP contribution in [0.15, 0.2) is 66.4 Å². The van der Waals surface area contributed by atoms with E-state index >= 15 is 0 Å². The van der Waals surface area contributed by atoms with Gasteiger partial charge in [-0.05, 0) is 60.7 Å². The zero-order valence-corrected chi connectivity index (χ0v) is 17.0. The molecule has 0 bridgehead atoms. The molecule has 0 atom stereocenters. The Bertz CT molecular complexity index is 1250. The molecule has 0 aliphatic heterocycles. The normalized spacial score (nSPS) is 11.0. The van der Waals surface area contributed by atoms with E-state index < -0.39 is 34.4 Å². The number of benzene rings is 3. The van der Waals surface area contributed by atoms with Crippen molar-refractivity contribution in [2.75, 3.05) is 11.9 Å². The Hall–Kier alpha value is -3.54. The van der Waals surface area contributed by atoms with Crippen molar-refractivity contribution in [2.24, 2.45) is 0 Å². The highest BCUT2D eigenvalue weighted by Crippen LogP contribution is 2.37.